The van der Waals surface area contributed by atoms with Crippen molar-refractivity contribution in [1.82, 2.24) is 20.0 Å². The van der Waals surface area contributed by atoms with E-state index in [1.807, 2.05) is 6.20 Å². The number of amides is 1. The Morgan fingerprint density at radius 2 is 1.90 bits per heavy atom. The highest BCUT2D eigenvalue weighted by Crippen LogP contribution is 2.50. The molecule has 9 unspecified atom stereocenters. The molecule has 6 fully saturated rings. The number of hydrogen-bond acceptors (Lipinski definition) is 8. The van der Waals surface area contributed by atoms with Gasteiger partial charge < -0.3 is 30.3 Å². The highest BCUT2D eigenvalue weighted by molar-refractivity contribution is 6.20. The molecule has 4 heterocycles. The summed E-state index contributed by atoms with van der Waals surface area (Å²) in [7, 11) is 0. The lowest BCUT2D eigenvalue weighted by atomic mass is 9.64. The first-order valence-corrected chi connectivity index (χ1v) is 15.9. The maximum Gasteiger partial charge on any atom is 0.259 e. The molecule has 7 rings (SSSR count). The van der Waals surface area contributed by atoms with Crippen LogP contribution >= 0.6 is 0 Å². The van der Waals surface area contributed by atoms with Crippen LogP contribution in [0.2, 0.25) is 0 Å². The van der Waals surface area contributed by atoms with E-state index in [1.165, 1.54) is 19.3 Å². The minimum atomic E-state index is -1.21. The van der Waals surface area contributed by atoms with Crippen molar-refractivity contribution in [1.29, 1.82) is 0 Å². The Bertz CT molecular complexity index is 1010. The molecular weight excluding hydrogens is 513 g/mol. The van der Waals surface area contributed by atoms with Crippen LogP contribution in [0.3, 0.4) is 0 Å². The van der Waals surface area contributed by atoms with Gasteiger partial charge in [0.25, 0.3) is 5.91 Å². The lowest BCUT2D eigenvalue weighted by Gasteiger charge is -2.61. The number of nitrogens with one attached hydrogen (secondary N) is 1. The van der Waals surface area contributed by atoms with Gasteiger partial charge in [-0.3, -0.25) is 14.5 Å². The number of morpholine rings is 2. The number of carbonyl (C=O) groups is 2. The summed E-state index contributed by atoms with van der Waals surface area (Å²) in [5, 5.41) is 3.54. The van der Waals surface area contributed by atoms with Crippen molar-refractivity contribution in [3.63, 3.8) is 0 Å². The van der Waals surface area contributed by atoms with Gasteiger partial charge >= 0.3 is 0 Å². The van der Waals surface area contributed by atoms with Crippen molar-refractivity contribution >= 4 is 11.7 Å². The van der Waals surface area contributed by atoms with Crippen LogP contribution in [0.4, 0.5) is 4.39 Å². The second-order valence-electron chi connectivity index (χ2n) is 13.4. The molecular formula is C30H46FN5O4. The van der Waals surface area contributed by atoms with E-state index in [1.54, 1.807) is 4.90 Å². The third kappa shape index (κ3) is 4.81. The van der Waals surface area contributed by atoms with Gasteiger partial charge in [-0.2, -0.15) is 0 Å². The van der Waals surface area contributed by atoms with Gasteiger partial charge in [-0.15, -0.1) is 0 Å². The van der Waals surface area contributed by atoms with Crippen molar-refractivity contribution in [2.24, 2.45) is 23.5 Å². The zero-order chi connectivity index (χ0) is 27.4. The van der Waals surface area contributed by atoms with E-state index in [0.717, 1.165) is 58.5 Å². The van der Waals surface area contributed by atoms with E-state index in [9.17, 15) is 9.59 Å². The molecule has 4 aliphatic heterocycles. The predicted molar refractivity (Wildman–Crippen MR) is 147 cm³/mol. The summed E-state index contributed by atoms with van der Waals surface area (Å²) in [5.74, 6) is 0.107. The number of ketones is 1. The smallest absolute Gasteiger partial charge is 0.259 e. The van der Waals surface area contributed by atoms with E-state index < -0.39 is 24.2 Å². The molecule has 0 spiro atoms. The molecule has 0 aromatic rings. The first-order valence-electron chi connectivity index (χ1n) is 15.9. The van der Waals surface area contributed by atoms with Crippen LogP contribution in [0.25, 0.3) is 0 Å². The zero-order valence-corrected chi connectivity index (χ0v) is 23.6. The molecule has 10 atom stereocenters. The lowest BCUT2D eigenvalue weighted by Crippen LogP contribution is -2.74. The van der Waals surface area contributed by atoms with E-state index in [4.69, 9.17) is 15.2 Å². The van der Waals surface area contributed by atoms with Gasteiger partial charge in [0.15, 0.2) is 5.78 Å². The number of likely N-dealkylation sites (tertiary alicyclic amines) is 1. The van der Waals surface area contributed by atoms with Gasteiger partial charge in [-0.1, -0.05) is 19.3 Å². The number of rotatable bonds is 5. The van der Waals surface area contributed by atoms with Crippen LogP contribution in [0.5, 0.6) is 0 Å². The maximum absolute atomic E-state index is 16.1. The average Bonchev–Trinajstić information content (AvgIpc) is 3.42. The lowest BCUT2D eigenvalue weighted by molar-refractivity contribution is -0.220. The molecule has 10 heteroatoms. The second-order valence-corrected chi connectivity index (χ2v) is 13.4. The molecule has 3 N–H and O–H groups in total. The van der Waals surface area contributed by atoms with Crippen molar-refractivity contribution in [3.05, 3.63) is 11.8 Å². The number of hydrogen-bond donors (Lipinski definition) is 2. The quantitative estimate of drug-likeness (QED) is 0.483. The van der Waals surface area contributed by atoms with Crippen LogP contribution in [0.15, 0.2) is 11.8 Å². The topological polar surface area (TPSA) is 100 Å². The number of halogens is 1. The SMILES string of the molecule is N[C@@H]1CCN(C(=O)C2=CN3C4CCC5CCCCC5C4OC4C(NCCN5CCOCC5)C(F)CC(C2=O)C43)C1. The van der Waals surface area contributed by atoms with Gasteiger partial charge in [0.1, 0.15) is 6.17 Å². The number of ether oxygens (including phenoxy) is 2. The molecule has 222 valence electrons. The molecule has 3 saturated carbocycles. The number of nitrogens with zero attached hydrogens (tertiary/aromatic N) is 3. The van der Waals surface area contributed by atoms with Gasteiger partial charge in [0, 0.05) is 57.4 Å². The van der Waals surface area contributed by atoms with Crippen LogP contribution in [-0.4, -0.2) is 121 Å². The minimum Gasteiger partial charge on any atom is -0.379 e. The van der Waals surface area contributed by atoms with Crippen molar-refractivity contribution in [2.45, 2.75) is 93.9 Å². The fourth-order valence-electron chi connectivity index (χ4n) is 9.11. The normalized spacial score (nSPS) is 43.5. The first kappa shape index (κ1) is 27.3. The molecule has 0 bridgehead atoms. The summed E-state index contributed by atoms with van der Waals surface area (Å²) < 4.78 is 28.6. The molecule has 3 aliphatic carbocycles. The predicted octanol–water partition coefficient (Wildman–Crippen LogP) is 1.07. The summed E-state index contributed by atoms with van der Waals surface area (Å²) in [6.07, 6.45) is 8.17. The third-order valence-corrected chi connectivity index (χ3v) is 11.1. The average molecular weight is 560 g/mol. The highest BCUT2D eigenvalue weighted by atomic mass is 19.1. The number of carbonyl (C=O) groups excluding carboxylic acids is 2. The van der Waals surface area contributed by atoms with Gasteiger partial charge in [-0.05, 0) is 43.9 Å². The Morgan fingerprint density at radius 1 is 1.07 bits per heavy atom. The second kappa shape index (κ2) is 11.2. The monoisotopic (exact) mass is 559 g/mol. The van der Waals surface area contributed by atoms with Crippen LogP contribution in [-0.2, 0) is 19.1 Å². The zero-order valence-electron chi connectivity index (χ0n) is 23.6. The van der Waals surface area contributed by atoms with E-state index >= 15 is 4.39 Å². The van der Waals surface area contributed by atoms with Crippen molar-refractivity contribution in [2.75, 3.05) is 52.5 Å². The van der Waals surface area contributed by atoms with Gasteiger partial charge in [-0.25, -0.2) is 4.39 Å². The largest absolute Gasteiger partial charge is 0.379 e. The number of Topliss-reactive ketones (excluding diaryl/α,β-unsaturated/α-hetero) is 1. The fraction of sp³-hybridized carbons (Fsp3) is 0.867. The van der Waals surface area contributed by atoms with Crippen molar-refractivity contribution in [3.8, 4) is 0 Å². The summed E-state index contributed by atoms with van der Waals surface area (Å²) in [4.78, 5) is 33.9. The number of fused-ring (bicyclic) bond motifs is 4. The molecule has 40 heavy (non-hydrogen) atoms. The summed E-state index contributed by atoms with van der Waals surface area (Å²) in [6.45, 7) is 5.83. The summed E-state index contributed by atoms with van der Waals surface area (Å²) in [5.41, 5.74) is 6.32. The van der Waals surface area contributed by atoms with Gasteiger partial charge in [0.2, 0.25) is 0 Å². The summed E-state index contributed by atoms with van der Waals surface area (Å²) >= 11 is 0. The van der Waals surface area contributed by atoms with E-state index in [0.29, 0.717) is 31.5 Å². The van der Waals surface area contributed by atoms with Crippen LogP contribution < -0.4 is 11.1 Å². The molecule has 3 saturated heterocycles. The Kier molecular flexibility index (Phi) is 7.66. The Hall–Kier alpha value is -1.59. The highest BCUT2D eigenvalue weighted by Gasteiger charge is 2.60. The molecule has 7 aliphatic rings. The standard InChI is InChI=1S/C30H46FN5O4/c31-23-15-21-26-29(25(23)33-8-10-34-11-13-39-14-12-34)40-28-20-4-2-1-3-18(20)5-6-24(28)36(26)17-22(27(21)37)30(38)35-9-7-19(32)16-35/h17-21,23-26,28-29,33H,1-16,32H2/t18?,19-,20?,21?,23?,24?,25?,26?,28?,29?/m1/s1. The summed E-state index contributed by atoms with van der Waals surface area (Å²) in [6, 6.07) is -0.627. The van der Waals surface area contributed by atoms with Crippen LogP contribution in [0.1, 0.15) is 51.4 Å². The van der Waals surface area contributed by atoms with Gasteiger partial charge in [0.05, 0.1) is 49.1 Å². The molecule has 0 radical (unpaired) electrons. The Morgan fingerprint density at radius 3 is 2.70 bits per heavy atom. The third-order valence-electron chi connectivity index (χ3n) is 11.1. The molecule has 0 aromatic carbocycles. The molecule has 0 aromatic heterocycles. The van der Waals surface area contributed by atoms with E-state index in [2.05, 4.69) is 15.1 Å². The molecule has 1 amide bonds. The fourth-order valence-corrected chi connectivity index (χ4v) is 9.11. The van der Waals surface area contributed by atoms with E-state index in [-0.39, 0.29) is 47.9 Å². The van der Waals surface area contributed by atoms with Crippen molar-refractivity contribution < 1.29 is 23.5 Å². The van der Waals surface area contributed by atoms with Crippen LogP contribution in [0, 0.1) is 17.8 Å². The first-order chi connectivity index (χ1) is 19.5. The Balaban J connectivity index is 1.18. The number of nitrogens with two attached hydrogens (primary N) is 1. The minimum absolute atomic E-state index is 0.0100. The Labute approximate surface area is 236 Å². The maximum atomic E-state index is 16.1. The number of alkyl halides is 1. The molecule has 9 nitrogen and oxygen atoms in total.